The number of aliphatic carboxylic acids is 1. The summed E-state index contributed by atoms with van der Waals surface area (Å²) >= 11 is 0. The molecule has 0 fully saturated rings. The van der Waals surface area contributed by atoms with Crippen LogP contribution < -0.4 is 5.32 Å². The van der Waals surface area contributed by atoms with Crippen molar-refractivity contribution in [3.05, 3.63) is 17.0 Å². The fraction of sp³-hybridized carbons (Fsp3) is 0.600. The van der Waals surface area contributed by atoms with E-state index >= 15 is 0 Å². The van der Waals surface area contributed by atoms with Gasteiger partial charge < -0.3 is 10.4 Å². The Morgan fingerprint density at radius 2 is 2.20 bits per heavy atom. The first-order valence-corrected chi connectivity index (χ1v) is 4.88. The van der Waals surface area contributed by atoms with E-state index in [1.54, 1.807) is 0 Å². The smallest absolute Gasteiger partial charge is 0.317 e. The molecule has 1 aromatic rings. The van der Waals surface area contributed by atoms with E-state index in [0.29, 0.717) is 0 Å². The molecule has 0 radical (unpaired) electrons. The molecule has 0 amide bonds. The molecule has 0 aliphatic heterocycles. The van der Waals surface area contributed by atoms with Crippen molar-refractivity contribution in [1.29, 1.82) is 0 Å². The Kier molecular flexibility index (Phi) is 3.47. The lowest BCUT2D eigenvalue weighted by Crippen LogP contribution is -2.26. The summed E-state index contributed by atoms with van der Waals surface area (Å²) in [5, 5.41) is 15.8. The van der Waals surface area contributed by atoms with Gasteiger partial charge in [0.2, 0.25) is 0 Å². The number of hydrogen-bond donors (Lipinski definition) is 2. The molecule has 0 aromatic carbocycles. The number of carbonyl (C=O) groups is 1. The topological polar surface area (TPSA) is 67.2 Å². The summed E-state index contributed by atoms with van der Waals surface area (Å²) in [6, 6.07) is 0.00907. The zero-order valence-corrected chi connectivity index (χ0v) is 9.53. The number of nitrogens with zero attached hydrogens (tertiary/aromatic N) is 2. The zero-order chi connectivity index (χ0) is 11.6. The van der Waals surface area contributed by atoms with Crippen LogP contribution in [0.1, 0.15) is 29.9 Å². The van der Waals surface area contributed by atoms with E-state index < -0.39 is 5.97 Å². The standard InChI is InChI=1S/C10H17N3O2/c1-6(11-5-9(14)15)10-7(2)12-13(4)8(10)3/h6,11H,5H2,1-4H3,(H,14,15). The molecule has 15 heavy (non-hydrogen) atoms. The van der Waals surface area contributed by atoms with E-state index in [-0.39, 0.29) is 12.6 Å². The number of aromatic nitrogens is 2. The van der Waals surface area contributed by atoms with E-state index in [0.717, 1.165) is 17.0 Å². The fourth-order valence-corrected chi connectivity index (χ4v) is 1.76. The van der Waals surface area contributed by atoms with Crippen LogP contribution in [0.2, 0.25) is 0 Å². The molecule has 1 aromatic heterocycles. The molecule has 0 bridgehead atoms. The van der Waals surface area contributed by atoms with Gasteiger partial charge in [0.15, 0.2) is 0 Å². The molecule has 0 saturated heterocycles. The van der Waals surface area contributed by atoms with Crippen LogP contribution in [0.4, 0.5) is 0 Å². The number of carboxylic acids is 1. The highest BCUT2D eigenvalue weighted by molar-refractivity contribution is 5.69. The average molecular weight is 211 g/mol. The second kappa shape index (κ2) is 4.44. The van der Waals surface area contributed by atoms with Crippen LogP contribution in [0.3, 0.4) is 0 Å². The summed E-state index contributed by atoms with van der Waals surface area (Å²) in [6.07, 6.45) is 0. The molecule has 84 valence electrons. The molecule has 5 nitrogen and oxygen atoms in total. The van der Waals surface area contributed by atoms with Crippen molar-refractivity contribution in [2.45, 2.75) is 26.8 Å². The maximum absolute atomic E-state index is 10.4. The highest BCUT2D eigenvalue weighted by Crippen LogP contribution is 2.20. The van der Waals surface area contributed by atoms with Gasteiger partial charge in [-0.05, 0) is 20.8 Å². The normalized spacial score (nSPS) is 12.8. The molecule has 1 atom stereocenters. The lowest BCUT2D eigenvalue weighted by Gasteiger charge is -2.12. The highest BCUT2D eigenvalue weighted by Gasteiger charge is 2.16. The molecule has 0 spiro atoms. The van der Waals surface area contributed by atoms with Gasteiger partial charge >= 0.3 is 5.97 Å². The molecule has 0 saturated carbocycles. The largest absolute Gasteiger partial charge is 0.480 e. The summed E-state index contributed by atoms with van der Waals surface area (Å²) in [5.41, 5.74) is 3.09. The summed E-state index contributed by atoms with van der Waals surface area (Å²) in [7, 11) is 1.88. The van der Waals surface area contributed by atoms with Crippen LogP contribution in [-0.4, -0.2) is 27.4 Å². The average Bonchev–Trinajstić information content (AvgIpc) is 2.37. The summed E-state index contributed by atoms with van der Waals surface area (Å²) in [6.45, 7) is 5.82. The van der Waals surface area contributed by atoms with Crippen molar-refractivity contribution < 1.29 is 9.90 Å². The summed E-state index contributed by atoms with van der Waals surface area (Å²) in [4.78, 5) is 10.4. The number of carboxylic acid groups (broad SMARTS) is 1. The highest BCUT2D eigenvalue weighted by atomic mass is 16.4. The predicted octanol–water partition coefficient (Wildman–Crippen LogP) is 0.772. The number of rotatable bonds is 4. The summed E-state index contributed by atoms with van der Waals surface area (Å²) in [5.74, 6) is -0.846. The van der Waals surface area contributed by atoms with E-state index in [1.165, 1.54) is 0 Å². The first-order valence-electron chi connectivity index (χ1n) is 4.88. The van der Waals surface area contributed by atoms with Gasteiger partial charge in [-0.1, -0.05) is 0 Å². The first kappa shape index (κ1) is 11.7. The zero-order valence-electron chi connectivity index (χ0n) is 9.53. The third-order valence-corrected chi connectivity index (χ3v) is 2.56. The van der Waals surface area contributed by atoms with E-state index in [9.17, 15) is 4.79 Å². The molecule has 0 aliphatic carbocycles. The van der Waals surface area contributed by atoms with Gasteiger partial charge in [0, 0.05) is 24.3 Å². The number of hydrogen-bond acceptors (Lipinski definition) is 3. The third-order valence-electron chi connectivity index (χ3n) is 2.56. The van der Waals surface area contributed by atoms with Crippen LogP contribution in [0, 0.1) is 13.8 Å². The molecule has 5 heteroatoms. The van der Waals surface area contributed by atoms with Gasteiger partial charge in [-0.2, -0.15) is 5.10 Å². The van der Waals surface area contributed by atoms with Crippen LogP contribution in [0.5, 0.6) is 0 Å². The first-order chi connectivity index (χ1) is 6.93. The molecule has 0 aliphatic rings. The van der Waals surface area contributed by atoms with Crippen LogP contribution in [0.25, 0.3) is 0 Å². The van der Waals surface area contributed by atoms with Crippen molar-refractivity contribution in [1.82, 2.24) is 15.1 Å². The minimum Gasteiger partial charge on any atom is -0.480 e. The van der Waals surface area contributed by atoms with Crippen molar-refractivity contribution >= 4 is 5.97 Å². The van der Waals surface area contributed by atoms with E-state index in [1.807, 2.05) is 32.5 Å². The van der Waals surface area contributed by atoms with Gasteiger partial charge in [-0.3, -0.25) is 9.48 Å². The Labute approximate surface area is 89.1 Å². The minimum atomic E-state index is -0.846. The monoisotopic (exact) mass is 211 g/mol. The van der Waals surface area contributed by atoms with Gasteiger partial charge in [-0.25, -0.2) is 0 Å². The lowest BCUT2D eigenvalue weighted by molar-refractivity contribution is -0.136. The molecular weight excluding hydrogens is 194 g/mol. The van der Waals surface area contributed by atoms with Crippen LogP contribution >= 0.6 is 0 Å². The molecule has 1 unspecified atom stereocenters. The Balaban J connectivity index is 2.81. The quantitative estimate of drug-likeness (QED) is 0.772. The summed E-state index contributed by atoms with van der Waals surface area (Å²) < 4.78 is 1.81. The minimum absolute atomic E-state index is 0.00907. The van der Waals surface area contributed by atoms with Gasteiger partial charge in [0.25, 0.3) is 0 Å². The van der Waals surface area contributed by atoms with Gasteiger partial charge in [0.05, 0.1) is 12.2 Å². The molecule has 2 N–H and O–H groups in total. The van der Waals surface area contributed by atoms with Gasteiger partial charge in [-0.15, -0.1) is 0 Å². The predicted molar refractivity (Wildman–Crippen MR) is 56.7 cm³/mol. The van der Waals surface area contributed by atoms with Crippen molar-refractivity contribution in [2.75, 3.05) is 6.54 Å². The molecule has 1 rings (SSSR count). The maximum Gasteiger partial charge on any atom is 0.317 e. The third kappa shape index (κ3) is 2.56. The Morgan fingerprint density at radius 1 is 1.60 bits per heavy atom. The Hall–Kier alpha value is -1.36. The lowest BCUT2D eigenvalue weighted by atomic mass is 10.1. The second-order valence-electron chi connectivity index (χ2n) is 3.70. The van der Waals surface area contributed by atoms with Gasteiger partial charge in [0.1, 0.15) is 0 Å². The maximum atomic E-state index is 10.4. The van der Waals surface area contributed by atoms with Crippen molar-refractivity contribution in [3.63, 3.8) is 0 Å². The molecule has 1 heterocycles. The van der Waals surface area contributed by atoms with Crippen LogP contribution in [-0.2, 0) is 11.8 Å². The molecular formula is C10H17N3O2. The van der Waals surface area contributed by atoms with Crippen molar-refractivity contribution in [2.24, 2.45) is 7.05 Å². The number of aryl methyl sites for hydroxylation is 2. The van der Waals surface area contributed by atoms with E-state index in [4.69, 9.17) is 5.11 Å². The van der Waals surface area contributed by atoms with Crippen molar-refractivity contribution in [3.8, 4) is 0 Å². The fourth-order valence-electron chi connectivity index (χ4n) is 1.76. The van der Waals surface area contributed by atoms with Crippen LogP contribution in [0.15, 0.2) is 0 Å². The van der Waals surface area contributed by atoms with E-state index in [2.05, 4.69) is 10.4 Å². The number of nitrogens with one attached hydrogen (secondary N) is 1. The second-order valence-corrected chi connectivity index (χ2v) is 3.70. The SMILES string of the molecule is Cc1nn(C)c(C)c1C(C)NCC(=O)O. The Morgan fingerprint density at radius 3 is 2.60 bits per heavy atom. The Bertz CT molecular complexity index is 371.